The first-order chi connectivity index (χ1) is 14.7. The zero-order valence-corrected chi connectivity index (χ0v) is 17.6. The van der Waals surface area contributed by atoms with E-state index in [0.29, 0.717) is 18.0 Å². The Morgan fingerprint density at radius 3 is 2.57 bits per heavy atom. The first-order valence-corrected chi connectivity index (χ1v) is 11.0. The quantitative estimate of drug-likeness (QED) is 0.468. The summed E-state index contributed by atoms with van der Waals surface area (Å²) in [5.74, 6) is 1.59. The molecule has 0 spiro atoms. The van der Waals surface area contributed by atoms with Gasteiger partial charge in [-0.25, -0.2) is 4.98 Å². The lowest BCUT2D eigenvalue weighted by Gasteiger charge is -2.21. The molecule has 4 aromatic rings. The number of aromatic nitrogens is 2. The number of rotatable bonds is 7. The molecule has 2 aromatic carbocycles. The van der Waals surface area contributed by atoms with Gasteiger partial charge in [-0.3, -0.25) is 9.69 Å². The van der Waals surface area contributed by atoms with Gasteiger partial charge in [-0.2, -0.15) is 0 Å². The molecular weight excluding hydrogens is 394 g/mol. The molecule has 0 saturated heterocycles. The van der Waals surface area contributed by atoms with E-state index in [2.05, 4.69) is 34.1 Å². The minimum atomic E-state index is -0.0615. The van der Waals surface area contributed by atoms with Gasteiger partial charge in [0, 0.05) is 17.5 Å². The van der Waals surface area contributed by atoms with Crippen LogP contribution in [0, 0.1) is 0 Å². The molecule has 152 valence electrons. The average molecular weight is 418 g/mol. The molecule has 2 heterocycles. The Hall–Kier alpha value is -2.96. The smallest absolute Gasteiger partial charge is 0.259 e. The Bertz CT molecular complexity index is 1210. The van der Waals surface area contributed by atoms with Crippen LogP contribution in [0.4, 0.5) is 0 Å². The Morgan fingerprint density at radius 2 is 1.87 bits per heavy atom. The zero-order chi connectivity index (χ0) is 20.5. The third-order valence-corrected chi connectivity index (χ3v) is 6.55. The number of nitrogens with one attached hydrogen (secondary N) is 1. The average Bonchev–Trinajstić information content (AvgIpc) is 3.53. The standard InChI is InChI=1S/C24H23N3O2S/c1-29-19-11-7-16(8-12-19)14-27(18-9-10-18)15-22-25-23(28)20-13-21(30-24(20)26-22)17-5-3-2-4-6-17/h2-8,11-13,18H,9-10,14-15H2,1H3,(H,25,26,28). The number of hydrogen-bond acceptors (Lipinski definition) is 5. The van der Waals surface area contributed by atoms with E-state index in [9.17, 15) is 4.79 Å². The van der Waals surface area contributed by atoms with Gasteiger partial charge in [0.05, 0.1) is 19.0 Å². The Labute approximate surface area is 179 Å². The fourth-order valence-corrected chi connectivity index (χ4v) is 4.76. The van der Waals surface area contributed by atoms with Gasteiger partial charge in [0.15, 0.2) is 0 Å². The Kier molecular flexibility index (Phi) is 5.11. The van der Waals surface area contributed by atoms with Crippen LogP contribution in [-0.2, 0) is 13.1 Å². The summed E-state index contributed by atoms with van der Waals surface area (Å²) in [7, 11) is 1.68. The lowest BCUT2D eigenvalue weighted by molar-refractivity contribution is 0.239. The van der Waals surface area contributed by atoms with Crippen LogP contribution < -0.4 is 10.3 Å². The molecule has 1 aliphatic carbocycles. The van der Waals surface area contributed by atoms with Gasteiger partial charge in [-0.15, -0.1) is 11.3 Å². The predicted octanol–water partition coefficient (Wildman–Crippen LogP) is 4.82. The minimum Gasteiger partial charge on any atom is -0.497 e. The number of aromatic amines is 1. The molecule has 0 amide bonds. The fraction of sp³-hybridized carbons (Fsp3) is 0.250. The van der Waals surface area contributed by atoms with Crippen molar-refractivity contribution in [3.05, 3.63) is 82.4 Å². The molecular formula is C24H23N3O2S. The van der Waals surface area contributed by atoms with Gasteiger partial charge in [0.25, 0.3) is 5.56 Å². The largest absolute Gasteiger partial charge is 0.497 e. The first-order valence-electron chi connectivity index (χ1n) is 10.1. The number of thiophene rings is 1. The van der Waals surface area contributed by atoms with Crippen molar-refractivity contribution in [2.24, 2.45) is 0 Å². The molecule has 0 aliphatic heterocycles. The molecule has 2 aromatic heterocycles. The van der Waals surface area contributed by atoms with Crippen molar-refractivity contribution in [3.8, 4) is 16.2 Å². The highest BCUT2D eigenvalue weighted by Crippen LogP contribution is 2.32. The molecule has 5 nitrogen and oxygen atoms in total. The summed E-state index contributed by atoms with van der Waals surface area (Å²) in [6.45, 7) is 1.47. The molecule has 6 heteroatoms. The first kappa shape index (κ1) is 19.0. The highest BCUT2D eigenvalue weighted by Gasteiger charge is 2.29. The predicted molar refractivity (Wildman–Crippen MR) is 121 cm³/mol. The molecule has 30 heavy (non-hydrogen) atoms. The Morgan fingerprint density at radius 1 is 1.10 bits per heavy atom. The summed E-state index contributed by atoms with van der Waals surface area (Å²) in [4.78, 5) is 24.8. The van der Waals surface area contributed by atoms with Gasteiger partial charge in [-0.05, 0) is 42.2 Å². The summed E-state index contributed by atoms with van der Waals surface area (Å²) in [5, 5.41) is 0.663. The van der Waals surface area contributed by atoms with Crippen molar-refractivity contribution in [1.29, 1.82) is 0 Å². The van der Waals surface area contributed by atoms with Gasteiger partial charge in [-0.1, -0.05) is 42.5 Å². The minimum absolute atomic E-state index is 0.0615. The zero-order valence-electron chi connectivity index (χ0n) is 16.8. The number of methoxy groups -OCH3 is 1. The van der Waals surface area contributed by atoms with Gasteiger partial charge < -0.3 is 9.72 Å². The van der Waals surface area contributed by atoms with E-state index in [1.807, 2.05) is 36.4 Å². The SMILES string of the molecule is COc1ccc(CN(Cc2nc3sc(-c4ccccc4)cc3c(=O)[nH]2)C2CC2)cc1. The summed E-state index contributed by atoms with van der Waals surface area (Å²) >= 11 is 1.57. The van der Waals surface area contributed by atoms with Crippen LogP contribution in [0.2, 0.25) is 0 Å². The normalized spacial score (nSPS) is 13.8. The molecule has 1 fully saturated rings. The van der Waals surface area contributed by atoms with Crippen LogP contribution in [0.1, 0.15) is 24.2 Å². The molecule has 0 unspecified atom stereocenters. The molecule has 1 saturated carbocycles. The number of benzene rings is 2. The lowest BCUT2D eigenvalue weighted by atomic mass is 10.2. The van der Waals surface area contributed by atoms with E-state index in [-0.39, 0.29) is 5.56 Å². The maximum atomic E-state index is 12.7. The molecule has 5 rings (SSSR count). The van der Waals surface area contributed by atoms with E-state index in [1.54, 1.807) is 18.4 Å². The summed E-state index contributed by atoms with van der Waals surface area (Å²) < 4.78 is 5.26. The van der Waals surface area contributed by atoms with Crippen LogP contribution in [0.3, 0.4) is 0 Å². The van der Waals surface area contributed by atoms with Crippen molar-refractivity contribution in [3.63, 3.8) is 0 Å². The maximum absolute atomic E-state index is 12.7. The van der Waals surface area contributed by atoms with Crippen molar-refractivity contribution in [2.75, 3.05) is 7.11 Å². The highest BCUT2D eigenvalue weighted by molar-refractivity contribution is 7.21. The van der Waals surface area contributed by atoms with Crippen molar-refractivity contribution in [1.82, 2.24) is 14.9 Å². The lowest BCUT2D eigenvalue weighted by Crippen LogP contribution is -2.27. The van der Waals surface area contributed by atoms with Crippen LogP contribution in [0.25, 0.3) is 20.7 Å². The molecule has 0 atom stereocenters. The Balaban J connectivity index is 1.40. The van der Waals surface area contributed by atoms with Gasteiger partial charge >= 0.3 is 0 Å². The van der Waals surface area contributed by atoms with Gasteiger partial charge in [0.2, 0.25) is 0 Å². The number of hydrogen-bond donors (Lipinski definition) is 1. The fourth-order valence-electron chi connectivity index (χ4n) is 3.71. The van der Waals surface area contributed by atoms with Crippen molar-refractivity contribution < 1.29 is 4.74 Å². The second-order valence-corrected chi connectivity index (χ2v) is 8.72. The molecule has 1 aliphatic rings. The van der Waals surface area contributed by atoms with Gasteiger partial charge in [0.1, 0.15) is 16.4 Å². The molecule has 1 N–H and O–H groups in total. The summed E-state index contributed by atoms with van der Waals surface area (Å²) in [5.41, 5.74) is 2.28. The van der Waals surface area contributed by atoms with E-state index < -0.39 is 0 Å². The number of fused-ring (bicyclic) bond motifs is 1. The van der Waals surface area contributed by atoms with Crippen LogP contribution in [-0.4, -0.2) is 28.0 Å². The number of nitrogens with zero attached hydrogens (tertiary/aromatic N) is 2. The molecule has 0 radical (unpaired) electrons. The third kappa shape index (κ3) is 4.01. The summed E-state index contributed by atoms with van der Waals surface area (Å²) in [6, 6.07) is 20.8. The van der Waals surface area contributed by atoms with Crippen LogP contribution >= 0.6 is 11.3 Å². The van der Waals surface area contributed by atoms with Crippen molar-refractivity contribution in [2.45, 2.75) is 32.0 Å². The molecule has 0 bridgehead atoms. The maximum Gasteiger partial charge on any atom is 0.259 e. The number of H-pyrrole nitrogens is 1. The van der Waals surface area contributed by atoms with E-state index in [4.69, 9.17) is 9.72 Å². The van der Waals surface area contributed by atoms with Crippen LogP contribution in [0.5, 0.6) is 5.75 Å². The summed E-state index contributed by atoms with van der Waals surface area (Å²) in [6.07, 6.45) is 2.39. The van der Waals surface area contributed by atoms with E-state index in [0.717, 1.165) is 33.4 Å². The second kappa shape index (κ2) is 8.05. The highest BCUT2D eigenvalue weighted by atomic mass is 32.1. The van der Waals surface area contributed by atoms with Crippen molar-refractivity contribution >= 4 is 21.6 Å². The van der Waals surface area contributed by atoms with E-state index >= 15 is 0 Å². The monoisotopic (exact) mass is 417 g/mol. The topological polar surface area (TPSA) is 58.2 Å². The second-order valence-electron chi connectivity index (χ2n) is 7.69. The number of ether oxygens (including phenoxy) is 1. The van der Waals surface area contributed by atoms with Crippen LogP contribution in [0.15, 0.2) is 65.5 Å². The van der Waals surface area contributed by atoms with E-state index in [1.165, 1.54) is 18.4 Å². The third-order valence-electron chi connectivity index (χ3n) is 5.47.